The number of fused-ring (bicyclic) bond motifs is 1. The molecule has 0 spiro atoms. The normalized spacial score (nSPS) is 22.5. The van der Waals surface area contributed by atoms with Crippen LogP contribution in [0.25, 0.3) is 0 Å². The summed E-state index contributed by atoms with van der Waals surface area (Å²) in [6.45, 7) is 2.21. The molecule has 1 aromatic heterocycles. The van der Waals surface area contributed by atoms with Gasteiger partial charge in [-0.05, 0) is 6.42 Å². The second-order valence-electron chi connectivity index (χ2n) is 4.84. The van der Waals surface area contributed by atoms with Crippen molar-refractivity contribution in [3.8, 4) is 0 Å². The highest BCUT2D eigenvalue weighted by atomic mass is 32.1. The zero-order chi connectivity index (χ0) is 13.2. The highest BCUT2D eigenvalue weighted by Crippen LogP contribution is 2.26. The van der Waals surface area contributed by atoms with Crippen molar-refractivity contribution in [3.05, 3.63) is 10.6 Å². The van der Waals surface area contributed by atoms with Crippen molar-refractivity contribution in [1.29, 1.82) is 0 Å². The molecule has 19 heavy (non-hydrogen) atoms. The summed E-state index contributed by atoms with van der Waals surface area (Å²) < 4.78 is 0. The van der Waals surface area contributed by atoms with Crippen LogP contribution in [0.2, 0.25) is 0 Å². The van der Waals surface area contributed by atoms with Crippen molar-refractivity contribution in [2.75, 3.05) is 18.4 Å². The topological polar surface area (TPSA) is 83.1 Å². The molecular formula is C12H16N4O2S. The lowest BCUT2D eigenvalue weighted by molar-refractivity contribution is -0.126. The van der Waals surface area contributed by atoms with Gasteiger partial charge in [-0.2, -0.15) is 0 Å². The van der Waals surface area contributed by atoms with E-state index in [1.165, 1.54) is 16.2 Å². The van der Waals surface area contributed by atoms with Crippen LogP contribution < -0.4 is 16.0 Å². The molecule has 1 fully saturated rings. The standard InChI is InChI=1S/C12H16N4O2S/c17-10-2-1-7(5-14-10)11(18)16-12-15-8-3-4-13-6-9(8)19-12/h7,13H,1-6H2,(H,14,17)(H,15,16,18). The van der Waals surface area contributed by atoms with Gasteiger partial charge in [-0.25, -0.2) is 4.98 Å². The van der Waals surface area contributed by atoms with Crippen LogP contribution in [0, 0.1) is 5.92 Å². The molecule has 0 saturated carbocycles. The third kappa shape index (κ3) is 2.76. The molecule has 1 atom stereocenters. The number of aromatic nitrogens is 1. The molecule has 6 nitrogen and oxygen atoms in total. The number of anilines is 1. The molecule has 0 aliphatic carbocycles. The van der Waals surface area contributed by atoms with E-state index in [4.69, 9.17) is 0 Å². The van der Waals surface area contributed by atoms with Crippen LogP contribution in [0.1, 0.15) is 23.4 Å². The van der Waals surface area contributed by atoms with E-state index < -0.39 is 0 Å². The number of amides is 2. The Kier molecular flexibility index (Phi) is 3.48. The first-order chi connectivity index (χ1) is 9.22. The Morgan fingerprint density at radius 2 is 2.32 bits per heavy atom. The minimum atomic E-state index is -0.142. The maximum atomic E-state index is 12.1. The van der Waals surface area contributed by atoms with Gasteiger partial charge in [0.1, 0.15) is 0 Å². The molecule has 1 unspecified atom stereocenters. The number of carbonyl (C=O) groups excluding carboxylic acids is 2. The van der Waals surface area contributed by atoms with Crippen molar-refractivity contribution in [2.24, 2.45) is 5.92 Å². The van der Waals surface area contributed by atoms with Crippen LogP contribution in [-0.2, 0) is 22.6 Å². The zero-order valence-corrected chi connectivity index (χ0v) is 11.3. The molecule has 3 N–H and O–H groups in total. The second-order valence-corrected chi connectivity index (χ2v) is 5.93. The lowest BCUT2D eigenvalue weighted by atomic mass is 9.98. The quantitative estimate of drug-likeness (QED) is 0.725. The number of hydrogen-bond donors (Lipinski definition) is 3. The molecular weight excluding hydrogens is 264 g/mol. The average Bonchev–Trinajstić information content (AvgIpc) is 2.81. The Morgan fingerprint density at radius 3 is 3.05 bits per heavy atom. The van der Waals surface area contributed by atoms with Gasteiger partial charge in [-0.15, -0.1) is 11.3 Å². The van der Waals surface area contributed by atoms with Crippen LogP contribution in [0.4, 0.5) is 5.13 Å². The van der Waals surface area contributed by atoms with Crippen LogP contribution in [0.15, 0.2) is 0 Å². The highest BCUT2D eigenvalue weighted by Gasteiger charge is 2.25. The molecule has 2 aliphatic heterocycles. The van der Waals surface area contributed by atoms with Crippen molar-refractivity contribution >= 4 is 28.3 Å². The van der Waals surface area contributed by atoms with Crippen LogP contribution in [0.3, 0.4) is 0 Å². The summed E-state index contributed by atoms with van der Waals surface area (Å²) in [5.41, 5.74) is 1.09. The first kappa shape index (κ1) is 12.6. The molecule has 0 radical (unpaired) electrons. The van der Waals surface area contributed by atoms with E-state index in [0.717, 1.165) is 25.2 Å². The molecule has 102 valence electrons. The number of hydrogen-bond acceptors (Lipinski definition) is 5. The average molecular weight is 280 g/mol. The Morgan fingerprint density at radius 1 is 1.42 bits per heavy atom. The van der Waals surface area contributed by atoms with E-state index in [2.05, 4.69) is 20.9 Å². The highest BCUT2D eigenvalue weighted by molar-refractivity contribution is 7.15. The second kappa shape index (κ2) is 5.26. The van der Waals surface area contributed by atoms with Gasteiger partial charge < -0.3 is 16.0 Å². The van der Waals surface area contributed by atoms with E-state index in [1.54, 1.807) is 0 Å². The number of carbonyl (C=O) groups is 2. The van der Waals surface area contributed by atoms with Gasteiger partial charge in [0.15, 0.2) is 5.13 Å². The first-order valence-electron chi connectivity index (χ1n) is 6.49. The number of nitrogens with one attached hydrogen (secondary N) is 3. The Labute approximate surface area is 115 Å². The molecule has 2 amide bonds. The van der Waals surface area contributed by atoms with E-state index >= 15 is 0 Å². The summed E-state index contributed by atoms with van der Waals surface area (Å²) in [5, 5.41) is 9.56. The summed E-state index contributed by atoms with van der Waals surface area (Å²) in [6, 6.07) is 0. The SMILES string of the molecule is O=C1CCC(C(=O)Nc2nc3c(s2)CNCC3)CN1. The number of piperidine rings is 1. The smallest absolute Gasteiger partial charge is 0.231 e. The minimum absolute atomic E-state index is 0.0276. The van der Waals surface area contributed by atoms with Crippen molar-refractivity contribution in [2.45, 2.75) is 25.8 Å². The molecule has 2 aliphatic rings. The largest absolute Gasteiger partial charge is 0.355 e. The van der Waals surface area contributed by atoms with Gasteiger partial charge in [0, 0.05) is 37.4 Å². The molecule has 0 bridgehead atoms. The lowest BCUT2D eigenvalue weighted by Gasteiger charge is -2.20. The Hall–Kier alpha value is -1.47. The fourth-order valence-electron chi connectivity index (χ4n) is 2.34. The van der Waals surface area contributed by atoms with E-state index in [-0.39, 0.29) is 17.7 Å². The molecule has 3 heterocycles. The lowest BCUT2D eigenvalue weighted by Crippen LogP contribution is -2.40. The summed E-state index contributed by atoms with van der Waals surface area (Å²) in [7, 11) is 0. The van der Waals surface area contributed by atoms with E-state index in [1.807, 2.05) is 0 Å². The zero-order valence-electron chi connectivity index (χ0n) is 10.5. The monoisotopic (exact) mass is 280 g/mol. The van der Waals surface area contributed by atoms with E-state index in [0.29, 0.717) is 24.5 Å². The molecule has 1 saturated heterocycles. The molecule has 3 rings (SSSR count). The summed E-state index contributed by atoms with van der Waals surface area (Å²) in [6.07, 6.45) is 1.96. The predicted octanol–water partition coefficient (Wildman–Crippen LogP) is 0.253. The fraction of sp³-hybridized carbons (Fsp3) is 0.583. The van der Waals surface area contributed by atoms with Gasteiger partial charge in [0.25, 0.3) is 0 Å². The van der Waals surface area contributed by atoms with Gasteiger partial charge in [0.05, 0.1) is 11.6 Å². The number of rotatable bonds is 2. The molecule has 7 heteroatoms. The number of thiazole rings is 1. The van der Waals surface area contributed by atoms with Crippen molar-refractivity contribution in [1.82, 2.24) is 15.6 Å². The maximum absolute atomic E-state index is 12.1. The molecule has 1 aromatic rings. The Bertz CT molecular complexity index is 480. The van der Waals surface area contributed by atoms with Gasteiger partial charge in [0.2, 0.25) is 11.8 Å². The summed E-state index contributed by atoms with van der Waals surface area (Å²) in [4.78, 5) is 28.8. The van der Waals surface area contributed by atoms with Crippen LogP contribution in [0.5, 0.6) is 0 Å². The van der Waals surface area contributed by atoms with Crippen LogP contribution >= 0.6 is 11.3 Å². The van der Waals surface area contributed by atoms with Crippen molar-refractivity contribution in [3.63, 3.8) is 0 Å². The first-order valence-corrected chi connectivity index (χ1v) is 7.31. The predicted molar refractivity (Wildman–Crippen MR) is 71.9 cm³/mol. The van der Waals surface area contributed by atoms with Crippen molar-refractivity contribution < 1.29 is 9.59 Å². The summed E-state index contributed by atoms with van der Waals surface area (Å²) >= 11 is 1.54. The fourth-order valence-corrected chi connectivity index (χ4v) is 3.32. The summed E-state index contributed by atoms with van der Waals surface area (Å²) in [5.74, 6) is -0.157. The van der Waals surface area contributed by atoms with Gasteiger partial charge in [-0.1, -0.05) is 0 Å². The Balaban J connectivity index is 1.63. The van der Waals surface area contributed by atoms with E-state index in [9.17, 15) is 9.59 Å². The van der Waals surface area contributed by atoms with Crippen LogP contribution in [-0.4, -0.2) is 29.9 Å². The number of nitrogens with zero attached hydrogens (tertiary/aromatic N) is 1. The third-order valence-corrected chi connectivity index (χ3v) is 4.48. The third-order valence-electron chi connectivity index (χ3n) is 3.47. The minimum Gasteiger partial charge on any atom is -0.355 e. The van der Waals surface area contributed by atoms with Gasteiger partial charge in [-0.3, -0.25) is 9.59 Å². The van der Waals surface area contributed by atoms with Gasteiger partial charge >= 0.3 is 0 Å². The maximum Gasteiger partial charge on any atom is 0.231 e. The molecule has 0 aromatic carbocycles.